The van der Waals surface area contributed by atoms with Gasteiger partial charge in [-0.1, -0.05) is 23.7 Å². The maximum absolute atomic E-state index is 12.3. The predicted octanol–water partition coefficient (Wildman–Crippen LogP) is 2.66. The van der Waals surface area contributed by atoms with Gasteiger partial charge in [-0.05, 0) is 30.5 Å². The van der Waals surface area contributed by atoms with Gasteiger partial charge in [-0.15, -0.1) is 0 Å². The van der Waals surface area contributed by atoms with Gasteiger partial charge < -0.3 is 10.2 Å². The van der Waals surface area contributed by atoms with E-state index in [0.29, 0.717) is 11.6 Å². The number of hydrogen-bond acceptors (Lipinski definition) is 4. The molecule has 1 N–H and O–H groups in total. The summed E-state index contributed by atoms with van der Waals surface area (Å²) in [4.78, 5) is 22.9. The lowest BCUT2D eigenvalue weighted by Crippen LogP contribution is -2.40. The third-order valence-electron chi connectivity index (χ3n) is 4.10. The minimum Gasteiger partial charge on any atom is -0.355 e. The molecule has 0 saturated carbocycles. The van der Waals surface area contributed by atoms with Gasteiger partial charge in [-0.2, -0.15) is 0 Å². The number of aromatic nitrogens is 2. The Morgan fingerprint density at radius 2 is 2.13 bits per heavy atom. The van der Waals surface area contributed by atoms with Gasteiger partial charge in [0.05, 0.1) is 6.20 Å². The Morgan fingerprint density at radius 1 is 1.30 bits per heavy atom. The Hall–Kier alpha value is -2.14. The summed E-state index contributed by atoms with van der Waals surface area (Å²) >= 11 is 5.95. The molecule has 120 valence electrons. The molecule has 1 amide bonds. The Kier molecular flexibility index (Phi) is 5.08. The average molecular weight is 331 g/mol. The van der Waals surface area contributed by atoms with Crippen LogP contribution in [0.1, 0.15) is 18.4 Å². The SMILES string of the molecule is O=C(NCc1cccc(Cl)c1)C1CCN(c2cnccn2)CC1. The first-order chi connectivity index (χ1) is 11.2. The fourth-order valence-electron chi connectivity index (χ4n) is 2.81. The van der Waals surface area contributed by atoms with Crippen molar-refractivity contribution in [3.63, 3.8) is 0 Å². The molecule has 0 radical (unpaired) electrons. The Labute approximate surface area is 140 Å². The molecule has 2 heterocycles. The average Bonchev–Trinajstić information content (AvgIpc) is 2.61. The normalized spacial score (nSPS) is 15.4. The van der Waals surface area contributed by atoms with E-state index in [0.717, 1.165) is 37.3 Å². The highest BCUT2D eigenvalue weighted by molar-refractivity contribution is 6.30. The summed E-state index contributed by atoms with van der Waals surface area (Å²) in [6.07, 6.45) is 6.79. The highest BCUT2D eigenvalue weighted by atomic mass is 35.5. The van der Waals surface area contributed by atoms with Gasteiger partial charge in [-0.25, -0.2) is 4.98 Å². The highest BCUT2D eigenvalue weighted by Crippen LogP contribution is 2.21. The van der Waals surface area contributed by atoms with Gasteiger partial charge >= 0.3 is 0 Å². The molecule has 0 unspecified atom stereocenters. The minimum absolute atomic E-state index is 0.0575. The van der Waals surface area contributed by atoms with Crippen LogP contribution < -0.4 is 10.2 Å². The molecule has 0 bridgehead atoms. The van der Waals surface area contributed by atoms with Gasteiger partial charge in [0.1, 0.15) is 5.82 Å². The molecule has 0 aliphatic carbocycles. The zero-order chi connectivity index (χ0) is 16.1. The zero-order valence-corrected chi connectivity index (χ0v) is 13.5. The predicted molar refractivity (Wildman–Crippen MR) is 90.3 cm³/mol. The number of hydrogen-bond donors (Lipinski definition) is 1. The lowest BCUT2D eigenvalue weighted by molar-refractivity contribution is -0.125. The fourth-order valence-corrected chi connectivity index (χ4v) is 3.02. The molecule has 0 atom stereocenters. The number of carbonyl (C=O) groups is 1. The highest BCUT2D eigenvalue weighted by Gasteiger charge is 2.25. The van der Waals surface area contributed by atoms with Gasteiger partial charge in [0.25, 0.3) is 0 Å². The molecule has 1 aliphatic rings. The first-order valence-electron chi connectivity index (χ1n) is 7.75. The maximum atomic E-state index is 12.3. The van der Waals surface area contributed by atoms with Crippen molar-refractivity contribution in [1.29, 1.82) is 0 Å². The van der Waals surface area contributed by atoms with Gasteiger partial charge in [0, 0.05) is 43.0 Å². The van der Waals surface area contributed by atoms with Crippen LogP contribution in [0.2, 0.25) is 5.02 Å². The molecule has 0 spiro atoms. The second-order valence-corrected chi connectivity index (χ2v) is 6.11. The van der Waals surface area contributed by atoms with Gasteiger partial charge in [0.15, 0.2) is 0 Å². The van der Waals surface area contributed by atoms with Crippen LogP contribution in [-0.2, 0) is 11.3 Å². The fraction of sp³-hybridized carbons (Fsp3) is 0.353. The smallest absolute Gasteiger partial charge is 0.223 e. The number of carbonyl (C=O) groups excluding carboxylic acids is 1. The number of amides is 1. The monoisotopic (exact) mass is 330 g/mol. The van der Waals surface area contributed by atoms with E-state index in [9.17, 15) is 4.79 Å². The summed E-state index contributed by atoms with van der Waals surface area (Å²) in [6, 6.07) is 7.56. The minimum atomic E-state index is 0.0575. The third kappa shape index (κ3) is 4.20. The molecule has 1 aromatic heterocycles. The van der Waals surface area contributed by atoms with Crippen LogP contribution in [-0.4, -0.2) is 29.0 Å². The molecule has 5 nitrogen and oxygen atoms in total. The molecule has 2 aromatic rings. The largest absolute Gasteiger partial charge is 0.355 e. The summed E-state index contributed by atoms with van der Waals surface area (Å²) in [5, 5.41) is 3.70. The van der Waals surface area contributed by atoms with Crippen molar-refractivity contribution in [2.45, 2.75) is 19.4 Å². The number of benzene rings is 1. The second-order valence-electron chi connectivity index (χ2n) is 5.67. The molecular formula is C17H19ClN4O. The molecule has 1 aromatic carbocycles. The van der Waals surface area contributed by atoms with E-state index in [2.05, 4.69) is 20.2 Å². The second kappa shape index (κ2) is 7.42. The van der Waals surface area contributed by atoms with E-state index in [1.54, 1.807) is 18.6 Å². The van der Waals surface area contributed by atoms with E-state index in [-0.39, 0.29) is 11.8 Å². The third-order valence-corrected chi connectivity index (χ3v) is 4.33. The number of halogens is 1. The van der Waals surface area contributed by atoms with Crippen LogP contribution in [0.25, 0.3) is 0 Å². The van der Waals surface area contributed by atoms with Crippen LogP contribution >= 0.6 is 11.6 Å². The molecule has 3 rings (SSSR count). The lowest BCUT2D eigenvalue weighted by Gasteiger charge is -2.31. The van der Waals surface area contributed by atoms with Crippen LogP contribution in [0.3, 0.4) is 0 Å². The number of nitrogens with one attached hydrogen (secondary N) is 1. The van der Waals surface area contributed by atoms with E-state index in [1.807, 2.05) is 24.3 Å². The summed E-state index contributed by atoms with van der Waals surface area (Å²) in [7, 11) is 0. The van der Waals surface area contributed by atoms with E-state index in [1.165, 1.54) is 0 Å². The van der Waals surface area contributed by atoms with Crippen LogP contribution in [0.5, 0.6) is 0 Å². The number of rotatable bonds is 4. The standard InChI is InChI=1S/C17H19ClN4O/c18-15-3-1-2-13(10-15)11-21-17(23)14-4-8-22(9-5-14)16-12-19-6-7-20-16/h1-3,6-7,10,12,14H,4-5,8-9,11H2,(H,21,23). The van der Waals surface area contributed by atoms with Crippen molar-refractivity contribution in [2.24, 2.45) is 5.92 Å². The van der Waals surface area contributed by atoms with Crippen LogP contribution in [0.15, 0.2) is 42.9 Å². The number of piperidine rings is 1. The molecule has 1 fully saturated rings. The van der Waals surface area contributed by atoms with Crippen molar-refractivity contribution in [2.75, 3.05) is 18.0 Å². The molecule has 1 saturated heterocycles. The van der Waals surface area contributed by atoms with Crippen LogP contribution in [0, 0.1) is 5.92 Å². The molecule has 1 aliphatic heterocycles. The van der Waals surface area contributed by atoms with E-state index < -0.39 is 0 Å². The Bertz CT molecular complexity index is 657. The quantitative estimate of drug-likeness (QED) is 0.936. The molecule has 23 heavy (non-hydrogen) atoms. The Morgan fingerprint density at radius 3 is 2.83 bits per heavy atom. The van der Waals surface area contributed by atoms with E-state index in [4.69, 9.17) is 11.6 Å². The van der Waals surface area contributed by atoms with Crippen molar-refractivity contribution in [1.82, 2.24) is 15.3 Å². The summed E-state index contributed by atoms with van der Waals surface area (Å²) < 4.78 is 0. The summed E-state index contributed by atoms with van der Waals surface area (Å²) in [6.45, 7) is 2.17. The first kappa shape index (κ1) is 15.7. The van der Waals surface area contributed by atoms with Gasteiger partial charge in [-0.3, -0.25) is 9.78 Å². The Balaban J connectivity index is 1.48. The molecular weight excluding hydrogens is 312 g/mol. The van der Waals surface area contributed by atoms with Crippen LogP contribution in [0.4, 0.5) is 5.82 Å². The first-order valence-corrected chi connectivity index (χ1v) is 8.13. The molecule has 6 heteroatoms. The zero-order valence-electron chi connectivity index (χ0n) is 12.8. The van der Waals surface area contributed by atoms with Crippen molar-refractivity contribution in [3.05, 3.63) is 53.4 Å². The van der Waals surface area contributed by atoms with Crippen molar-refractivity contribution < 1.29 is 4.79 Å². The maximum Gasteiger partial charge on any atom is 0.223 e. The number of anilines is 1. The van der Waals surface area contributed by atoms with Crippen molar-refractivity contribution >= 4 is 23.3 Å². The van der Waals surface area contributed by atoms with Crippen molar-refractivity contribution in [3.8, 4) is 0 Å². The summed E-state index contributed by atoms with van der Waals surface area (Å²) in [5.41, 5.74) is 1.02. The lowest BCUT2D eigenvalue weighted by atomic mass is 9.96. The van der Waals surface area contributed by atoms with E-state index >= 15 is 0 Å². The number of nitrogens with zero attached hydrogens (tertiary/aromatic N) is 3. The summed E-state index contributed by atoms with van der Waals surface area (Å²) in [5.74, 6) is 1.05. The van der Waals surface area contributed by atoms with Gasteiger partial charge in [0.2, 0.25) is 5.91 Å². The topological polar surface area (TPSA) is 58.1 Å².